The molecule has 0 aliphatic carbocycles. The summed E-state index contributed by atoms with van der Waals surface area (Å²) in [6, 6.07) is 34.5. The molecular weight excluding hydrogens is 683 g/mol. The maximum absolute atomic E-state index is 12.3. The topological polar surface area (TPSA) is 50.9 Å². The Labute approximate surface area is 338 Å². The molecule has 0 fully saturated rings. The third-order valence-corrected chi connectivity index (χ3v) is 10.6. The Kier molecular flexibility index (Phi) is 7.81. The van der Waals surface area contributed by atoms with Crippen LogP contribution in [0.2, 0.25) is 0 Å². The van der Waals surface area contributed by atoms with E-state index in [1.54, 1.807) is 4.57 Å². The fourth-order valence-corrected chi connectivity index (χ4v) is 7.70. The third-order valence-electron chi connectivity index (χ3n) is 10.6. The Balaban J connectivity index is 1.48. The second kappa shape index (κ2) is 14.1. The molecule has 2 heterocycles. The molecule has 0 saturated heterocycles. The Hall–Kier alpha value is -6.26. The van der Waals surface area contributed by atoms with Crippen LogP contribution in [-0.2, 0) is 10.8 Å². The average Bonchev–Trinajstić information content (AvgIpc) is 3.61. The zero-order chi connectivity index (χ0) is 43.7. The molecule has 4 nitrogen and oxygen atoms in total. The van der Waals surface area contributed by atoms with Crippen LogP contribution >= 0.6 is 0 Å². The Morgan fingerprint density at radius 3 is 1.93 bits per heavy atom. The van der Waals surface area contributed by atoms with Crippen molar-refractivity contribution in [3.63, 3.8) is 0 Å². The van der Waals surface area contributed by atoms with Gasteiger partial charge in [-0.1, -0.05) is 139 Å². The van der Waals surface area contributed by atoms with Crippen molar-refractivity contribution in [2.75, 3.05) is 0 Å². The van der Waals surface area contributed by atoms with E-state index in [9.17, 15) is 7.85 Å². The molecule has 8 aromatic rings. The number of imidazole rings is 1. The van der Waals surface area contributed by atoms with Gasteiger partial charge in [0, 0.05) is 28.6 Å². The van der Waals surface area contributed by atoms with Crippen molar-refractivity contribution in [3.05, 3.63) is 168 Å². The zero-order valence-corrected chi connectivity index (χ0v) is 33.3. The number of para-hydroxylation sites is 2. The van der Waals surface area contributed by atoms with Crippen LogP contribution in [0.25, 0.3) is 72.7 Å². The van der Waals surface area contributed by atoms with E-state index >= 15 is 0 Å². The lowest BCUT2D eigenvalue weighted by molar-refractivity contribution is 0.446. The van der Waals surface area contributed by atoms with Crippen LogP contribution in [0.4, 0.5) is 0 Å². The van der Waals surface area contributed by atoms with Crippen LogP contribution in [0.1, 0.15) is 70.7 Å². The number of nitrogens with zero attached hydrogens (tertiary/aromatic N) is 3. The molecule has 0 bridgehead atoms. The quantitative estimate of drug-likeness (QED) is 0.185. The molecule has 0 radical (unpaired) electrons. The van der Waals surface area contributed by atoms with Crippen molar-refractivity contribution in [2.24, 2.45) is 0 Å². The van der Waals surface area contributed by atoms with Gasteiger partial charge >= 0.3 is 0 Å². The van der Waals surface area contributed by atoms with Gasteiger partial charge in [0.1, 0.15) is 11.6 Å². The van der Waals surface area contributed by atoms with Crippen molar-refractivity contribution in [1.29, 1.82) is 0 Å². The molecule has 4 heteroatoms. The van der Waals surface area contributed by atoms with Crippen molar-refractivity contribution in [2.45, 2.75) is 66.2 Å². The number of phenols is 1. The number of hydrogen-bond donors (Lipinski definition) is 1. The number of fused-ring (bicyclic) bond motifs is 1. The van der Waals surface area contributed by atoms with Gasteiger partial charge in [-0.05, 0) is 112 Å². The number of aromatic hydroxyl groups is 1. The minimum atomic E-state index is -0.487. The lowest BCUT2D eigenvalue weighted by Gasteiger charge is -2.27. The summed E-state index contributed by atoms with van der Waals surface area (Å²) >= 11 is 0. The van der Waals surface area contributed by atoms with E-state index in [0.29, 0.717) is 22.2 Å². The standard InChI is InChI=1S/C52H49N3O/c1-33-32-53-47(34(2)46(33)36-21-14-10-15-22-36)39-28-37(35-19-12-9-13-20-35)27-38(29-39)42-25-18-26-45-48(42)54-50(55(45)41-23-16-11-17-24-41)43-30-40(51(3,4)5)31-44(49(43)56)52(6,7)8/h9-32,56H,1-8H3/i11D,16D,17D,23D,24D. The average molecular weight is 737 g/mol. The van der Waals surface area contributed by atoms with Crippen molar-refractivity contribution in [1.82, 2.24) is 14.5 Å². The lowest BCUT2D eigenvalue weighted by Crippen LogP contribution is -2.17. The molecule has 0 aliphatic heterocycles. The van der Waals surface area contributed by atoms with Gasteiger partial charge in [-0.2, -0.15) is 0 Å². The SMILES string of the molecule is [2H]c1c([2H])c([2H])c(-n2c(-c3cc(C(C)(C)C)cc(C(C)(C)C)c3O)nc3c(-c4cc(-c5ccccc5)cc(-c5ncc(C)c(-c6ccccc6)c5C)c4)cccc32)c([2H])c1[2H]. The predicted molar refractivity (Wildman–Crippen MR) is 235 cm³/mol. The molecule has 0 saturated carbocycles. The summed E-state index contributed by atoms with van der Waals surface area (Å²) in [6.07, 6.45) is 1.93. The van der Waals surface area contributed by atoms with Crippen molar-refractivity contribution >= 4 is 11.0 Å². The molecule has 56 heavy (non-hydrogen) atoms. The van der Waals surface area contributed by atoms with Gasteiger partial charge in [-0.15, -0.1) is 0 Å². The highest BCUT2D eigenvalue weighted by molar-refractivity contribution is 5.98. The Morgan fingerprint density at radius 1 is 0.625 bits per heavy atom. The molecule has 0 spiro atoms. The normalized spacial score (nSPS) is 13.2. The summed E-state index contributed by atoms with van der Waals surface area (Å²) in [4.78, 5) is 10.4. The molecule has 0 amide bonds. The van der Waals surface area contributed by atoms with Crippen LogP contribution in [0.15, 0.2) is 146 Å². The summed E-state index contributed by atoms with van der Waals surface area (Å²) < 4.78 is 45.8. The minimum Gasteiger partial charge on any atom is -0.507 e. The highest BCUT2D eigenvalue weighted by Gasteiger charge is 2.28. The molecule has 1 N–H and O–H groups in total. The van der Waals surface area contributed by atoms with E-state index < -0.39 is 23.5 Å². The number of aryl methyl sites for hydroxylation is 1. The van der Waals surface area contributed by atoms with Gasteiger partial charge in [0.25, 0.3) is 0 Å². The lowest BCUT2D eigenvalue weighted by atomic mass is 9.79. The van der Waals surface area contributed by atoms with Crippen LogP contribution in [0.3, 0.4) is 0 Å². The fourth-order valence-electron chi connectivity index (χ4n) is 7.70. The molecule has 2 aromatic heterocycles. The number of phenolic OH excluding ortho intramolecular Hbond substituents is 1. The van der Waals surface area contributed by atoms with Gasteiger partial charge < -0.3 is 5.11 Å². The number of pyridine rings is 1. The first-order valence-corrected chi connectivity index (χ1v) is 19.1. The molecule has 6 aromatic carbocycles. The van der Waals surface area contributed by atoms with Crippen LogP contribution in [-0.4, -0.2) is 19.6 Å². The third kappa shape index (κ3) is 6.70. The van der Waals surface area contributed by atoms with Gasteiger partial charge in [0.2, 0.25) is 0 Å². The van der Waals surface area contributed by atoms with Crippen LogP contribution < -0.4 is 0 Å². The maximum Gasteiger partial charge on any atom is 0.149 e. The fraction of sp³-hybridized carbons (Fsp3) is 0.192. The molecular formula is C52H49N3O. The second-order valence-electron chi connectivity index (χ2n) is 16.7. The van der Waals surface area contributed by atoms with Crippen molar-refractivity contribution in [3.8, 4) is 67.5 Å². The number of rotatable bonds is 6. The van der Waals surface area contributed by atoms with Gasteiger partial charge in [0.05, 0.1) is 29.1 Å². The monoisotopic (exact) mass is 736 g/mol. The smallest absolute Gasteiger partial charge is 0.149 e. The van der Waals surface area contributed by atoms with E-state index in [1.165, 1.54) is 0 Å². The van der Waals surface area contributed by atoms with Crippen LogP contribution in [0.5, 0.6) is 5.75 Å². The summed E-state index contributed by atoms with van der Waals surface area (Å²) in [5.74, 6) is 0.285. The molecule has 8 rings (SSSR count). The Morgan fingerprint density at radius 2 is 1.27 bits per heavy atom. The number of benzene rings is 6. The van der Waals surface area contributed by atoms with Gasteiger partial charge in [0.15, 0.2) is 0 Å². The molecule has 0 atom stereocenters. The summed E-state index contributed by atoms with van der Waals surface area (Å²) in [5.41, 5.74) is 12.1. The molecule has 278 valence electrons. The number of hydrogen-bond acceptors (Lipinski definition) is 3. The van der Waals surface area contributed by atoms with E-state index in [4.69, 9.17) is 14.1 Å². The predicted octanol–water partition coefficient (Wildman–Crippen LogP) is 13.7. The van der Waals surface area contributed by atoms with E-state index in [0.717, 1.165) is 61.3 Å². The van der Waals surface area contributed by atoms with Gasteiger partial charge in [-0.3, -0.25) is 9.55 Å². The molecule has 0 aliphatic rings. The van der Waals surface area contributed by atoms with E-state index in [1.807, 2.05) is 93.7 Å². The largest absolute Gasteiger partial charge is 0.507 e. The van der Waals surface area contributed by atoms with Crippen molar-refractivity contribution < 1.29 is 12.0 Å². The first-order chi connectivity index (χ1) is 28.9. The second-order valence-corrected chi connectivity index (χ2v) is 16.7. The maximum atomic E-state index is 12.3. The first-order valence-electron chi connectivity index (χ1n) is 21.6. The Bertz CT molecular complexity index is 2990. The van der Waals surface area contributed by atoms with E-state index in [2.05, 4.69) is 77.1 Å². The van der Waals surface area contributed by atoms with E-state index in [-0.39, 0.29) is 34.8 Å². The van der Waals surface area contributed by atoms with Gasteiger partial charge in [-0.25, -0.2) is 4.98 Å². The minimum absolute atomic E-state index is 0.0227. The highest BCUT2D eigenvalue weighted by Crippen LogP contribution is 2.45. The first kappa shape index (κ1) is 31.0. The van der Waals surface area contributed by atoms with Crippen LogP contribution in [0, 0.1) is 13.8 Å². The zero-order valence-electron chi connectivity index (χ0n) is 38.3. The summed E-state index contributed by atoms with van der Waals surface area (Å²) in [6.45, 7) is 16.6. The molecule has 0 unspecified atom stereocenters. The summed E-state index contributed by atoms with van der Waals surface area (Å²) in [5, 5.41) is 12.3. The number of aromatic nitrogens is 3. The highest BCUT2D eigenvalue weighted by atomic mass is 16.3. The summed E-state index contributed by atoms with van der Waals surface area (Å²) in [7, 11) is 0.